The van der Waals surface area contributed by atoms with Crippen molar-refractivity contribution in [3.8, 4) is 17.6 Å². The van der Waals surface area contributed by atoms with E-state index in [1.165, 1.54) is 36.6 Å². The second kappa shape index (κ2) is 7.52. The molecule has 0 atom stereocenters. The van der Waals surface area contributed by atoms with Crippen molar-refractivity contribution in [2.75, 3.05) is 0 Å². The number of phenols is 2. The maximum absolute atomic E-state index is 11.9. The third-order valence-electron chi connectivity index (χ3n) is 2.84. The fraction of sp³-hybridized carbons (Fsp3) is 0.0588. The highest BCUT2D eigenvalue weighted by Crippen LogP contribution is 2.21. The number of nitrogens with one attached hydrogen (secondary N) is 1. The van der Waals surface area contributed by atoms with Crippen LogP contribution in [0.4, 0.5) is 0 Å². The first-order valence-electron chi connectivity index (χ1n) is 6.70. The summed E-state index contributed by atoms with van der Waals surface area (Å²) in [4.78, 5) is 11.9. The molecule has 1 heterocycles. The van der Waals surface area contributed by atoms with E-state index >= 15 is 0 Å². The van der Waals surface area contributed by atoms with E-state index in [4.69, 9.17) is 9.68 Å². The molecule has 6 nitrogen and oxygen atoms in total. The Labute approximate surface area is 132 Å². The highest BCUT2D eigenvalue weighted by molar-refractivity contribution is 5.97. The highest BCUT2D eigenvalue weighted by Gasteiger charge is 2.08. The number of carbonyl (C=O) groups is 1. The summed E-state index contributed by atoms with van der Waals surface area (Å²) in [5.41, 5.74) is 0.462. The van der Waals surface area contributed by atoms with Gasteiger partial charge in [-0.15, -0.1) is 0 Å². The van der Waals surface area contributed by atoms with Gasteiger partial charge in [-0.3, -0.25) is 4.79 Å². The fourth-order valence-electron chi connectivity index (χ4n) is 1.81. The van der Waals surface area contributed by atoms with Gasteiger partial charge in [0.2, 0.25) is 0 Å². The average Bonchev–Trinajstić information content (AvgIpc) is 3.01. The molecule has 1 amide bonds. The second-order valence-electron chi connectivity index (χ2n) is 4.60. The third-order valence-corrected chi connectivity index (χ3v) is 2.84. The molecule has 2 aromatic rings. The second-order valence-corrected chi connectivity index (χ2v) is 4.60. The minimum Gasteiger partial charge on any atom is -0.508 e. The number of nitrogens with zero attached hydrogens (tertiary/aromatic N) is 1. The molecular formula is C17H14N2O4. The van der Waals surface area contributed by atoms with E-state index in [0.29, 0.717) is 11.3 Å². The van der Waals surface area contributed by atoms with E-state index in [1.54, 1.807) is 18.2 Å². The molecule has 0 unspecified atom stereocenters. The number of phenolic OH excluding ortho intramolecular Hbond substituents is 2. The lowest BCUT2D eigenvalue weighted by Gasteiger charge is -2.01. The topological polar surface area (TPSA) is 106 Å². The standard InChI is InChI=1S/C17H14N2O4/c18-10-13(17(22)19-11-16-5-2-6-23-16)4-1-3-12-7-14(20)9-15(21)8-12/h1-9,20-21H,11H2,(H,19,22)/b3-1+,13-4+. The molecule has 0 aliphatic rings. The Bertz CT molecular complexity index is 763. The number of hydrogen-bond acceptors (Lipinski definition) is 5. The van der Waals surface area contributed by atoms with Crippen LogP contribution < -0.4 is 5.32 Å². The van der Waals surface area contributed by atoms with Crippen LogP contribution in [0.25, 0.3) is 6.08 Å². The summed E-state index contributed by atoms with van der Waals surface area (Å²) in [6.45, 7) is 0.189. The van der Waals surface area contributed by atoms with Gasteiger partial charge < -0.3 is 19.9 Å². The van der Waals surface area contributed by atoms with E-state index in [-0.39, 0.29) is 23.6 Å². The molecule has 6 heteroatoms. The van der Waals surface area contributed by atoms with E-state index in [0.717, 1.165) is 0 Å². The molecule has 0 radical (unpaired) electrons. The van der Waals surface area contributed by atoms with Gasteiger partial charge in [-0.2, -0.15) is 5.26 Å². The van der Waals surface area contributed by atoms with E-state index < -0.39 is 5.91 Å². The van der Waals surface area contributed by atoms with Crippen molar-refractivity contribution >= 4 is 12.0 Å². The molecule has 0 aliphatic carbocycles. The van der Waals surface area contributed by atoms with Crippen LogP contribution in [-0.4, -0.2) is 16.1 Å². The Hall–Kier alpha value is -3.46. The normalized spacial score (nSPS) is 11.3. The molecule has 1 aromatic heterocycles. The molecule has 0 saturated carbocycles. The maximum Gasteiger partial charge on any atom is 0.262 e. The van der Waals surface area contributed by atoms with Crippen LogP contribution in [0.5, 0.6) is 11.5 Å². The molecule has 0 spiro atoms. The van der Waals surface area contributed by atoms with Crippen LogP contribution in [0.3, 0.4) is 0 Å². The van der Waals surface area contributed by atoms with Crippen molar-refractivity contribution in [3.05, 3.63) is 65.6 Å². The van der Waals surface area contributed by atoms with Gasteiger partial charge in [-0.25, -0.2) is 0 Å². The van der Waals surface area contributed by atoms with Crippen molar-refractivity contribution in [3.63, 3.8) is 0 Å². The summed E-state index contributed by atoms with van der Waals surface area (Å²) < 4.78 is 5.08. The van der Waals surface area contributed by atoms with Gasteiger partial charge in [-0.05, 0) is 35.9 Å². The predicted molar refractivity (Wildman–Crippen MR) is 83.1 cm³/mol. The van der Waals surface area contributed by atoms with Crippen molar-refractivity contribution in [1.29, 1.82) is 5.26 Å². The lowest BCUT2D eigenvalue weighted by atomic mass is 10.1. The monoisotopic (exact) mass is 310 g/mol. The molecule has 1 aromatic carbocycles. The number of nitriles is 1. The van der Waals surface area contributed by atoms with Gasteiger partial charge in [0, 0.05) is 6.07 Å². The summed E-state index contributed by atoms with van der Waals surface area (Å²) in [5.74, 6) is -0.0932. The van der Waals surface area contributed by atoms with Crippen LogP contribution in [0.1, 0.15) is 11.3 Å². The lowest BCUT2D eigenvalue weighted by Crippen LogP contribution is -2.23. The lowest BCUT2D eigenvalue weighted by molar-refractivity contribution is -0.117. The van der Waals surface area contributed by atoms with Gasteiger partial charge >= 0.3 is 0 Å². The molecule has 116 valence electrons. The fourth-order valence-corrected chi connectivity index (χ4v) is 1.81. The number of hydrogen-bond donors (Lipinski definition) is 3. The van der Waals surface area contributed by atoms with Gasteiger partial charge in [0.15, 0.2) is 0 Å². The summed E-state index contributed by atoms with van der Waals surface area (Å²) in [7, 11) is 0. The van der Waals surface area contributed by atoms with Crippen molar-refractivity contribution < 1.29 is 19.4 Å². The predicted octanol–water partition coefficient (Wildman–Crippen LogP) is 2.47. The SMILES string of the molecule is N#C/C(=C\C=C\c1cc(O)cc(O)c1)C(=O)NCc1ccco1. The molecule has 0 saturated heterocycles. The summed E-state index contributed by atoms with van der Waals surface area (Å²) in [6.07, 6.45) is 5.88. The van der Waals surface area contributed by atoms with Gasteiger partial charge in [0.1, 0.15) is 28.9 Å². The first kappa shape index (κ1) is 15.9. The van der Waals surface area contributed by atoms with Crippen LogP contribution in [-0.2, 0) is 11.3 Å². The van der Waals surface area contributed by atoms with E-state index in [1.807, 2.05) is 6.07 Å². The number of allylic oxidation sites excluding steroid dienone is 2. The molecule has 3 N–H and O–H groups in total. The Morgan fingerprint density at radius 3 is 2.65 bits per heavy atom. The molecule has 0 aliphatic heterocycles. The first-order valence-corrected chi connectivity index (χ1v) is 6.70. The first-order chi connectivity index (χ1) is 11.1. The van der Waals surface area contributed by atoms with Crippen molar-refractivity contribution in [2.45, 2.75) is 6.54 Å². The molecule has 0 fully saturated rings. The Morgan fingerprint density at radius 2 is 2.04 bits per heavy atom. The number of aromatic hydroxyl groups is 2. The minimum absolute atomic E-state index is 0.0721. The molecule has 2 rings (SSSR count). The zero-order chi connectivity index (χ0) is 16.7. The number of carbonyl (C=O) groups excluding carboxylic acids is 1. The van der Waals surface area contributed by atoms with E-state index in [9.17, 15) is 15.0 Å². The molecular weight excluding hydrogens is 296 g/mol. The summed E-state index contributed by atoms with van der Waals surface area (Å²) in [6, 6.07) is 9.31. The van der Waals surface area contributed by atoms with Crippen LogP contribution in [0.15, 0.2) is 58.7 Å². The van der Waals surface area contributed by atoms with Gasteiger partial charge in [-0.1, -0.05) is 12.2 Å². The number of benzene rings is 1. The highest BCUT2D eigenvalue weighted by atomic mass is 16.3. The molecule has 23 heavy (non-hydrogen) atoms. The summed E-state index contributed by atoms with van der Waals surface area (Å²) >= 11 is 0. The average molecular weight is 310 g/mol. The van der Waals surface area contributed by atoms with Gasteiger partial charge in [0.05, 0.1) is 12.8 Å². The van der Waals surface area contributed by atoms with Crippen LogP contribution in [0, 0.1) is 11.3 Å². The smallest absolute Gasteiger partial charge is 0.262 e. The molecule has 0 bridgehead atoms. The zero-order valence-corrected chi connectivity index (χ0v) is 12.1. The quantitative estimate of drug-likeness (QED) is 0.447. The third kappa shape index (κ3) is 4.79. The Balaban J connectivity index is 2.01. The zero-order valence-electron chi connectivity index (χ0n) is 12.1. The number of furan rings is 1. The van der Waals surface area contributed by atoms with E-state index in [2.05, 4.69) is 5.32 Å². The number of amides is 1. The van der Waals surface area contributed by atoms with Crippen LogP contribution in [0.2, 0.25) is 0 Å². The van der Waals surface area contributed by atoms with Crippen molar-refractivity contribution in [1.82, 2.24) is 5.32 Å². The van der Waals surface area contributed by atoms with Crippen molar-refractivity contribution in [2.24, 2.45) is 0 Å². The Morgan fingerprint density at radius 1 is 1.30 bits per heavy atom. The van der Waals surface area contributed by atoms with Gasteiger partial charge in [0.25, 0.3) is 5.91 Å². The maximum atomic E-state index is 11.9. The largest absolute Gasteiger partial charge is 0.508 e. The van der Waals surface area contributed by atoms with Crippen LogP contribution >= 0.6 is 0 Å². The summed E-state index contributed by atoms with van der Waals surface area (Å²) in [5, 5.41) is 30.3. The Kier molecular flexibility index (Phi) is 5.21. The number of rotatable bonds is 5. The minimum atomic E-state index is -0.521.